The second kappa shape index (κ2) is 8.43. The van der Waals surface area contributed by atoms with E-state index in [-0.39, 0.29) is 6.15 Å². The highest BCUT2D eigenvalue weighted by Gasteiger charge is 2.06. The Morgan fingerprint density at radius 3 is 2.00 bits per heavy atom. The van der Waals surface area contributed by atoms with Crippen LogP contribution in [0.15, 0.2) is 30.3 Å². The molecule has 0 saturated heterocycles. The zero-order valence-corrected chi connectivity index (χ0v) is 11.7. The molecule has 1 rings (SSSR count). The molecular formula is C16H22O2. The zero-order chi connectivity index (χ0) is 14.0. The summed E-state index contributed by atoms with van der Waals surface area (Å²) in [6, 6.07) is 8.80. The van der Waals surface area contributed by atoms with Crippen molar-refractivity contribution in [2.75, 3.05) is 0 Å². The van der Waals surface area contributed by atoms with Gasteiger partial charge >= 0.3 is 6.15 Å². The first kappa shape index (κ1) is 16.3. The Labute approximate surface area is 110 Å². The molecule has 2 heteroatoms. The standard InChI is InChI=1S/C15H22.CO2/c1-5-13-8-10-14(11-9-13)7-6-12-15(2,3)4;2-1-3/h6-11H,5,12H2,1-4H3;/b7-6+;. The molecule has 0 aromatic heterocycles. The molecule has 0 aliphatic rings. The van der Waals surface area contributed by atoms with Crippen molar-refractivity contribution in [2.24, 2.45) is 5.41 Å². The van der Waals surface area contributed by atoms with Crippen LogP contribution in [-0.4, -0.2) is 6.15 Å². The molecule has 0 aliphatic heterocycles. The largest absolute Gasteiger partial charge is 0.373 e. The molecule has 98 valence electrons. The molecule has 18 heavy (non-hydrogen) atoms. The maximum absolute atomic E-state index is 8.12. The van der Waals surface area contributed by atoms with Crippen LogP contribution in [0.25, 0.3) is 6.08 Å². The van der Waals surface area contributed by atoms with Gasteiger partial charge < -0.3 is 0 Å². The minimum atomic E-state index is 0.250. The van der Waals surface area contributed by atoms with Gasteiger partial charge in [-0.2, -0.15) is 9.59 Å². The van der Waals surface area contributed by atoms with Crippen LogP contribution in [-0.2, 0) is 16.0 Å². The topological polar surface area (TPSA) is 34.1 Å². The van der Waals surface area contributed by atoms with E-state index in [1.807, 2.05) is 0 Å². The van der Waals surface area contributed by atoms with Gasteiger partial charge in [0, 0.05) is 0 Å². The fraction of sp³-hybridized carbons (Fsp3) is 0.438. The first-order valence-electron chi connectivity index (χ1n) is 6.17. The van der Waals surface area contributed by atoms with E-state index in [1.165, 1.54) is 11.1 Å². The van der Waals surface area contributed by atoms with Crippen molar-refractivity contribution < 1.29 is 9.59 Å². The normalized spacial score (nSPS) is 10.7. The molecule has 0 aliphatic carbocycles. The summed E-state index contributed by atoms with van der Waals surface area (Å²) in [5, 5.41) is 0. The second-order valence-electron chi connectivity index (χ2n) is 5.35. The molecule has 0 spiro atoms. The highest BCUT2D eigenvalue weighted by molar-refractivity contribution is 5.49. The van der Waals surface area contributed by atoms with E-state index in [0.717, 1.165) is 12.8 Å². The molecule has 0 amide bonds. The van der Waals surface area contributed by atoms with Gasteiger partial charge in [-0.3, -0.25) is 0 Å². The lowest BCUT2D eigenvalue weighted by atomic mass is 9.92. The van der Waals surface area contributed by atoms with Gasteiger partial charge in [-0.15, -0.1) is 0 Å². The van der Waals surface area contributed by atoms with Crippen molar-refractivity contribution in [2.45, 2.75) is 40.5 Å². The fourth-order valence-electron chi connectivity index (χ4n) is 1.41. The molecule has 0 radical (unpaired) electrons. The Balaban J connectivity index is 0.000000873. The van der Waals surface area contributed by atoms with Gasteiger partial charge in [-0.25, -0.2) is 0 Å². The summed E-state index contributed by atoms with van der Waals surface area (Å²) in [4.78, 5) is 16.2. The van der Waals surface area contributed by atoms with Gasteiger partial charge in [-0.1, -0.05) is 64.1 Å². The van der Waals surface area contributed by atoms with E-state index in [4.69, 9.17) is 9.59 Å². The number of hydrogen-bond donors (Lipinski definition) is 0. The number of allylic oxidation sites excluding steroid dienone is 1. The van der Waals surface area contributed by atoms with Crippen LogP contribution < -0.4 is 0 Å². The maximum Gasteiger partial charge on any atom is 0.373 e. The number of carbonyl (C=O) groups excluding carboxylic acids is 2. The summed E-state index contributed by atoms with van der Waals surface area (Å²) >= 11 is 0. The summed E-state index contributed by atoms with van der Waals surface area (Å²) in [7, 11) is 0. The Bertz CT molecular complexity index is 388. The smallest absolute Gasteiger partial charge is 0.186 e. The van der Waals surface area contributed by atoms with E-state index < -0.39 is 0 Å². The number of aryl methyl sites for hydroxylation is 1. The lowest BCUT2D eigenvalue weighted by Crippen LogP contribution is -2.01. The predicted molar refractivity (Wildman–Crippen MR) is 73.9 cm³/mol. The quantitative estimate of drug-likeness (QED) is 0.804. The van der Waals surface area contributed by atoms with Gasteiger partial charge in [-0.05, 0) is 29.4 Å². The van der Waals surface area contributed by atoms with Gasteiger partial charge in [0.1, 0.15) is 0 Å². The third kappa shape index (κ3) is 8.49. The van der Waals surface area contributed by atoms with Crippen LogP contribution in [0.4, 0.5) is 0 Å². The first-order valence-corrected chi connectivity index (χ1v) is 6.17. The summed E-state index contributed by atoms with van der Waals surface area (Å²) < 4.78 is 0. The van der Waals surface area contributed by atoms with E-state index in [2.05, 4.69) is 64.1 Å². The molecular weight excluding hydrogens is 224 g/mol. The molecule has 1 aromatic carbocycles. The molecule has 1 aromatic rings. The van der Waals surface area contributed by atoms with Crippen molar-refractivity contribution in [1.29, 1.82) is 0 Å². The molecule has 0 N–H and O–H groups in total. The first-order chi connectivity index (χ1) is 8.42. The minimum absolute atomic E-state index is 0.250. The van der Waals surface area contributed by atoms with Gasteiger partial charge in [0.2, 0.25) is 0 Å². The second-order valence-corrected chi connectivity index (χ2v) is 5.35. The Morgan fingerprint density at radius 1 is 1.11 bits per heavy atom. The monoisotopic (exact) mass is 246 g/mol. The Morgan fingerprint density at radius 2 is 1.61 bits per heavy atom. The number of hydrogen-bond acceptors (Lipinski definition) is 2. The van der Waals surface area contributed by atoms with Gasteiger partial charge in [0.15, 0.2) is 0 Å². The maximum atomic E-state index is 8.12. The van der Waals surface area contributed by atoms with E-state index >= 15 is 0 Å². The Hall–Kier alpha value is -1.66. The number of rotatable bonds is 3. The summed E-state index contributed by atoms with van der Waals surface area (Å²) in [5.74, 6) is 0. The SMILES string of the molecule is CCc1ccc(/C=C/CC(C)(C)C)cc1.O=C=O. The molecule has 0 atom stereocenters. The third-order valence-corrected chi connectivity index (χ3v) is 2.43. The van der Waals surface area contributed by atoms with Crippen LogP contribution in [0.5, 0.6) is 0 Å². The van der Waals surface area contributed by atoms with E-state index in [0.29, 0.717) is 5.41 Å². The van der Waals surface area contributed by atoms with E-state index in [1.54, 1.807) is 0 Å². The lowest BCUT2D eigenvalue weighted by Gasteiger charge is -2.14. The lowest BCUT2D eigenvalue weighted by molar-refractivity contribution is -0.191. The predicted octanol–water partition coefficient (Wildman–Crippen LogP) is 4.11. The van der Waals surface area contributed by atoms with Crippen molar-refractivity contribution in [3.8, 4) is 0 Å². The van der Waals surface area contributed by atoms with Crippen molar-refractivity contribution >= 4 is 12.2 Å². The van der Waals surface area contributed by atoms with Crippen molar-refractivity contribution in [3.63, 3.8) is 0 Å². The van der Waals surface area contributed by atoms with Crippen molar-refractivity contribution in [1.82, 2.24) is 0 Å². The van der Waals surface area contributed by atoms with Crippen LogP contribution in [0.3, 0.4) is 0 Å². The van der Waals surface area contributed by atoms with Crippen LogP contribution >= 0.6 is 0 Å². The minimum Gasteiger partial charge on any atom is -0.186 e. The molecule has 0 unspecified atom stereocenters. The van der Waals surface area contributed by atoms with Crippen LogP contribution in [0, 0.1) is 5.41 Å². The number of benzene rings is 1. The summed E-state index contributed by atoms with van der Waals surface area (Å²) in [6.45, 7) is 8.97. The summed E-state index contributed by atoms with van der Waals surface area (Å²) in [5.41, 5.74) is 3.10. The highest BCUT2D eigenvalue weighted by Crippen LogP contribution is 2.19. The molecule has 0 bridgehead atoms. The molecule has 2 nitrogen and oxygen atoms in total. The van der Waals surface area contributed by atoms with Crippen LogP contribution in [0.1, 0.15) is 45.2 Å². The van der Waals surface area contributed by atoms with Crippen LogP contribution in [0.2, 0.25) is 0 Å². The highest BCUT2D eigenvalue weighted by atomic mass is 16.2. The fourth-order valence-corrected chi connectivity index (χ4v) is 1.41. The summed E-state index contributed by atoms with van der Waals surface area (Å²) in [6.07, 6.45) is 6.97. The Kier molecular flexibility index (Phi) is 7.66. The average molecular weight is 246 g/mol. The third-order valence-electron chi connectivity index (χ3n) is 2.43. The zero-order valence-electron chi connectivity index (χ0n) is 11.7. The van der Waals surface area contributed by atoms with Crippen molar-refractivity contribution in [3.05, 3.63) is 41.5 Å². The molecule has 0 heterocycles. The molecule has 0 fully saturated rings. The van der Waals surface area contributed by atoms with Gasteiger partial charge in [0.25, 0.3) is 0 Å². The van der Waals surface area contributed by atoms with E-state index in [9.17, 15) is 0 Å². The molecule has 0 saturated carbocycles. The average Bonchev–Trinajstić information content (AvgIpc) is 2.29. The van der Waals surface area contributed by atoms with Gasteiger partial charge in [0.05, 0.1) is 0 Å².